The van der Waals surface area contributed by atoms with E-state index in [1.54, 1.807) is 24.9 Å². The van der Waals surface area contributed by atoms with E-state index in [1.165, 1.54) is 0 Å². The van der Waals surface area contributed by atoms with Crippen molar-refractivity contribution in [2.75, 3.05) is 14.2 Å². The molecule has 1 heterocycles. The van der Waals surface area contributed by atoms with Gasteiger partial charge in [0.05, 0.1) is 26.3 Å². The van der Waals surface area contributed by atoms with Crippen LogP contribution in [-0.2, 0) is 6.54 Å². The Labute approximate surface area is 186 Å². The first-order valence-corrected chi connectivity index (χ1v) is 10.5. The monoisotopic (exact) mass is 421 g/mol. The predicted octanol–water partition coefficient (Wildman–Crippen LogP) is 5.89. The average Bonchev–Trinajstić information content (AvgIpc) is 2.85. The second-order valence-electron chi connectivity index (χ2n) is 7.69. The Morgan fingerprint density at radius 3 is 2.28 bits per heavy atom. The highest BCUT2D eigenvalue weighted by molar-refractivity contribution is 6.08. The van der Waals surface area contributed by atoms with Crippen LogP contribution in [0.1, 0.15) is 5.56 Å². The number of aromatic nitrogens is 1. The first-order valence-electron chi connectivity index (χ1n) is 10.5. The molecule has 0 unspecified atom stereocenters. The molecule has 0 N–H and O–H groups in total. The van der Waals surface area contributed by atoms with Crippen molar-refractivity contribution >= 4 is 21.7 Å². The molecule has 0 aliphatic rings. The van der Waals surface area contributed by atoms with Crippen molar-refractivity contribution in [2.24, 2.45) is 0 Å². The molecule has 0 aliphatic heterocycles. The lowest BCUT2D eigenvalue weighted by molar-refractivity contribution is 0.416. The lowest BCUT2D eigenvalue weighted by Crippen LogP contribution is -2.21. The topological polar surface area (TPSA) is 40.5 Å². The van der Waals surface area contributed by atoms with Crippen LogP contribution in [0.2, 0.25) is 0 Å². The third kappa shape index (κ3) is 3.30. The molecule has 0 saturated heterocycles. The Morgan fingerprint density at radius 1 is 0.750 bits per heavy atom. The summed E-state index contributed by atoms with van der Waals surface area (Å²) in [5.74, 6) is 1.44. The maximum atomic E-state index is 13.4. The van der Waals surface area contributed by atoms with Crippen LogP contribution in [0.15, 0.2) is 95.8 Å². The van der Waals surface area contributed by atoms with Gasteiger partial charge >= 0.3 is 0 Å². The summed E-state index contributed by atoms with van der Waals surface area (Å²) in [5, 5.41) is 3.00. The van der Waals surface area contributed by atoms with Crippen molar-refractivity contribution in [3.05, 3.63) is 107 Å². The molecule has 158 valence electrons. The van der Waals surface area contributed by atoms with Crippen LogP contribution in [0.25, 0.3) is 32.8 Å². The molecule has 4 heteroatoms. The van der Waals surface area contributed by atoms with Crippen LogP contribution in [0.5, 0.6) is 11.5 Å². The SMILES string of the molecule is COc1ccc2ccccc2c1-c1cc(=O)n(Cc2ccccc2)c2cccc(OC)c12. The molecule has 0 radical (unpaired) electrons. The van der Waals surface area contributed by atoms with Gasteiger partial charge in [0.25, 0.3) is 5.56 Å². The number of benzene rings is 4. The van der Waals surface area contributed by atoms with Crippen LogP contribution in [-0.4, -0.2) is 18.8 Å². The Balaban J connectivity index is 1.88. The number of ether oxygens (including phenoxy) is 2. The molecule has 0 saturated carbocycles. The van der Waals surface area contributed by atoms with Gasteiger partial charge < -0.3 is 14.0 Å². The Morgan fingerprint density at radius 2 is 1.50 bits per heavy atom. The van der Waals surface area contributed by atoms with E-state index in [-0.39, 0.29) is 5.56 Å². The summed E-state index contributed by atoms with van der Waals surface area (Å²) < 4.78 is 13.3. The fourth-order valence-electron chi connectivity index (χ4n) is 4.40. The highest BCUT2D eigenvalue weighted by Crippen LogP contribution is 2.42. The van der Waals surface area contributed by atoms with E-state index in [0.717, 1.165) is 44.1 Å². The predicted molar refractivity (Wildman–Crippen MR) is 130 cm³/mol. The molecule has 4 nitrogen and oxygen atoms in total. The van der Waals surface area contributed by atoms with E-state index in [9.17, 15) is 4.79 Å². The minimum absolute atomic E-state index is 0.0698. The fraction of sp³-hybridized carbons (Fsp3) is 0.107. The minimum atomic E-state index is -0.0698. The van der Waals surface area contributed by atoms with E-state index in [1.807, 2.05) is 72.8 Å². The van der Waals surface area contributed by atoms with Crippen LogP contribution >= 0.6 is 0 Å². The molecular formula is C28H23NO3. The van der Waals surface area contributed by atoms with Gasteiger partial charge in [0, 0.05) is 22.6 Å². The maximum Gasteiger partial charge on any atom is 0.251 e. The zero-order valence-corrected chi connectivity index (χ0v) is 18.0. The normalized spacial score (nSPS) is 11.1. The second kappa shape index (κ2) is 8.23. The van der Waals surface area contributed by atoms with Crippen LogP contribution in [0.4, 0.5) is 0 Å². The lowest BCUT2D eigenvalue weighted by Gasteiger charge is -2.19. The second-order valence-corrected chi connectivity index (χ2v) is 7.69. The van der Waals surface area contributed by atoms with Gasteiger partial charge in [-0.2, -0.15) is 0 Å². The van der Waals surface area contributed by atoms with E-state index in [0.29, 0.717) is 12.3 Å². The summed E-state index contributed by atoms with van der Waals surface area (Å²) in [6.45, 7) is 0.482. The standard InChI is InChI=1S/C28H23NO3/c1-31-24-14-8-13-23-28(24)22(17-26(30)29(23)18-19-9-4-3-5-10-19)27-21-12-7-6-11-20(21)15-16-25(27)32-2/h3-17H,18H2,1-2H3. The quantitative estimate of drug-likeness (QED) is 0.355. The molecule has 5 aromatic rings. The Kier molecular flexibility index (Phi) is 5.12. The Bertz CT molecular complexity index is 1490. The van der Waals surface area contributed by atoms with Crippen LogP contribution in [0, 0.1) is 0 Å². The van der Waals surface area contributed by atoms with E-state index < -0.39 is 0 Å². The van der Waals surface area contributed by atoms with Crippen molar-refractivity contribution < 1.29 is 9.47 Å². The van der Waals surface area contributed by atoms with Gasteiger partial charge in [-0.3, -0.25) is 4.79 Å². The first kappa shape index (κ1) is 19.9. The van der Waals surface area contributed by atoms with Crippen molar-refractivity contribution in [1.29, 1.82) is 0 Å². The minimum Gasteiger partial charge on any atom is -0.496 e. The number of pyridine rings is 1. The third-order valence-electron chi connectivity index (χ3n) is 5.88. The van der Waals surface area contributed by atoms with Gasteiger partial charge in [-0.15, -0.1) is 0 Å². The van der Waals surface area contributed by atoms with Crippen molar-refractivity contribution in [1.82, 2.24) is 4.57 Å². The number of hydrogen-bond acceptors (Lipinski definition) is 3. The molecule has 0 spiro atoms. The van der Waals surface area contributed by atoms with E-state index in [2.05, 4.69) is 12.1 Å². The number of fused-ring (bicyclic) bond motifs is 2. The number of rotatable bonds is 5. The summed E-state index contributed by atoms with van der Waals surface area (Å²) in [4.78, 5) is 13.4. The van der Waals surface area contributed by atoms with Crippen LogP contribution < -0.4 is 15.0 Å². The molecular weight excluding hydrogens is 398 g/mol. The third-order valence-corrected chi connectivity index (χ3v) is 5.88. The zero-order chi connectivity index (χ0) is 22.1. The van der Waals surface area contributed by atoms with Gasteiger partial charge in [-0.05, 0) is 34.5 Å². The maximum absolute atomic E-state index is 13.4. The van der Waals surface area contributed by atoms with Crippen LogP contribution in [0.3, 0.4) is 0 Å². The number of nitrogens with zero attached hydrogens (tertiary/aromatic N) is 1. The molecule has 4 aromatic carbocycles. The van der Waals surface area contributed by atoms with E-state index in [4.69, 9.17) is 9.47 Å². The highest BCUT2D eigenvalue weighted by Gasteiger charge is 2.19. The molecule has 0 bridgehead atoms. The summed E-state index contributed by atoms with van der Waals surface area (Å²) in [6.07, 6.45) is 0. The summed E-state index contributed by atoms with van der Waals surface area (Å²) >= 11 is 0. The molecule has 0 atom stereocenters. The molecule has 0 fully saturated rings. The largest absolute Gasteiger partial charge is 0.496 e. The van der Waals surface area contributed by atoms with Gasteiger partial charge in [0.2, 0.25) is 0 Å². The molecule has 32 heavy (non-hydrogen) atoms. The average molecular weight is 421 g/mol. The molecule has 0 aliphatic carbocycles. The smallest absolute Gasteiger partial charge is 0.251 e. The molecule has 1 aromatic heterocycles. The number of methoxy groups -OCH3 is 2. The van der Waals surface area contributed by atoms with Crippen molar-refractivity contribution in [3.63, 3.8) is 0 Å². The molecule has 5 rings (SSSR count). The van der Waals surface area contributed by atoms with Gasteiger partial charge in [0.1, 0.15) is 11.5 Å². The highest BCUT2D eigenvalue weighted by atomic mass is 16.5. The first-order chi connectivity index (χ1) is 15.7. The summed E-state index contributed by atoms with van der Waals surface area (Å²) in [6, 6.07) is 29.7. The van der Waals surface area contributed by atoms with Gasteiger partial charge in [-0.25, -0.2) is 0 Å². The van der Waals surface area contributed by atoms with Gasteiger partial charge in [0.15, 0.2) is 0 Å². The Hall–Kier alpha value is -4.05. The van der Waals surface area contributed by atoms with Crippen molar-refractivity contribution in [3.8, 4) is 22.6 Å². The van der Waals surface area contributed by atoms with Gasteiger partial charge in [-0.1, -0.05) is 66.7 Å². The van der Waals surface area contributed by atoms with Crippen molar-refractivity contribution in [2.45, 2.75) is 6.54 Å². The summed E-state index contributed by atoms with van der Waals surface area (Å²) in [7, 11) is 3.31. The zero-order valence-electron chi connectivity index (χ0n) is 18.0. The fourth-order valence-corrected chi connectivity index (χ4v) is 4.40. The molecule has 0 amide bonds. The van der Waals surface area contributed by atoms with E-state index >= 15 is 0 Å². The summed E-state index contributed by atoms with van der Waals surface area (Å²) in [5.41, 5.74) is 3.52. The number of hydrogen-bond donors (Lipinski definition) is 0. The lowest BCUT2D eigenvalue weighted by atomic mass is 9.94.